The molecule has 20 heavy (non-hydrogen) atoms. The summed E-state index contributed by atoms with van der Waals surface area (Å²) in [6.45, 7) is 8.09. The smallest absolute Gasteiger partial charge is 0.305 e. The molecule has 3 N–H and O–H groups in total. The molecule has 0 bridgehead atoms. The van der Waals surface area contributed by atoms with E-state index in [9.17, 15) is 9.59 Å². The second-order valence-electron chi connectivity index (χ2n) is 7.13. The average Bonchev–Trinajstić information content (AvgIpc) is 2.26. The summed E-state index contributed by atoms with van der Waals surface area (Å²) in [7, 11) is 0. The van der Waals surface area contributed by atoms with E-state index in [2.05, 4.69) is 6.92 Å². The van der Waals surface area contributed by atoms with Gasteiger partial charge >= 0.3 is 5.97 Å². The molecule has 116 valence electrons. The molecule has 1 amide bonds. The van der Waals surface area contributed by atoms with Gasteiger partial charge in [0, 0.05) is 12.1 Å². The van der Waals surface area contributed by atoms with Gasteiger partial charge in [-0.05, 0) is 39.5 Å². The standard InChI is InChI=1S/C15H28N2O3/c1-11-6-5-8-15(16,10-11)13(20)17(14(2,3)4)9-7-12(18)19/h11H,5-10,16H2,1-4H3,(H,18,19). The minimum atomic E-state index is -0.893. The number of carboxylic acid groups (broad SMARTS) is 1. The largest absolute Gasteiger partial charge is 0.481 e. The van der Waals surface area contributed by atoms with Crippen molar-refractivity contribution in [1.82, 2.24) is 4.90 Å². The molecular weight excluding hydrogens is 256 g/mol. The second-order valence-corrected chi connectivity index (χ2v) is 7.13. The molecular formula is C15H28N2O3. The lowest BCUT2D eigenvalue weighted by atomic mass is 9.75. The van der Waals surface area contributed by atoms with E-state index in [1.807, 2.05) is 20.8 Å². The summed E-state index contributed by atoms with van der Waals surface area (Å²) in [5.41, 5.74) is 5.11. The second kappa shape index (κ2) is 6.12. The van der Waals surface area contributed by atoms with Gasteiger partial charge in [-0.25, -0.2) is 0 Å². The van der Waals surface area contributed by atoms with Crippen LogP contribution in [-0.4, -0.2) is 39.5 Å². The first-order chi connectivity index (χ1) is 9.06. The topological polar surface area (TPSA) is 83.6 Å². The van der Waals surface area contributed by atoms with Crippen molar-refractivity contribution in [2.24, 2.45) is 11.7 Å². The third-order valence-corrected chi connectivity index (χ3v) is 4.06. The lowest BCUT2D eigenvalue weighted by Gasteiger charge is -2.44. The molecule has 0 aliphatic heterocycles. The molecule has 0 aromatic heterocycles. The normalized spacial score (nSPS) is 27.1. The number of rotatable bonds is 4. The van der Waals surface area contributed by atoms with Crippen LogP contribution >= 0.6 is 0 Å². The summed E-state index contributed by atoms with van der Waals surface area (Å²) in [4.78, 5) is 25.3. The van der Waals surface area contributed by atoms with Crippen LogP contribution in [0.3, 0.4) is 0 Å². The molecule has 0 spiro atoms. The fourth-order valence-electron chi connectivity index (χ4n) is 3.00. The third kappa shape index (κ3) is 4.20. The Hall–Kier alpha value is -1.10. The van der Waals surface area contributed by atoms with E-state index in [1.165, 1.54) is 0 Å². The number of aliphatic carboxylic acids is 1. The molecule has 2 unspecified atom stereocenters. The van der Waals surface area contributed by atoms with Crippen LogP contribution in [0.5, 0.6) is 0 Å². The van der Waals surface area contributed by atoms with Crippen LogP contribution in [0.25, 0.3) is 0 Å². The van der Waals surface area contributed by atoms with Gasteiger partial charge in [0.1, 0.15) is 0 Å². The molecule has 5 heteroatoms. The number of nitrogens with two attached hydrogens (primary N) is 1. The van der Waals surface area contributed by atoms with Crippen molar-refractivity contribution in [2.45, 2.75) is 70.9 Å². The third-order valence-electron chi connectivity index (χ3n) is 4.06. The fraction of sp³-hybridized carbons (Fsp3) is 0.867. The van der Waals surface area contributed by atoms with Gasteiger partial charge in [0.25, 0.3) is 0 Å². The molecule has 0 aromatic carbocycles. The monoisotopic (exact) mass is 284 g/mol. The first-order valence-electron chi connectivity index (χ1n) is 7.39. The molecule has 5 nitrogen and oxygen atoms in total. The van der Waals surface area contributed by atoms with E-state index < -0.39 is 17.0 Å². The SMILES string of the molecule is CC1CCCC(N)(C(=O)N(CCC(=O)O)C(C)(C)C)C1. The number of amides is 1. The zero-order valence-corrected chi connectivity index (χ0v) is 13.1. The molecule has 1 aliphatic carbocycles. The van der Waals surface area contributed by atoms with Gasteiger partial charge in [0.2, 0.25) is 5.91 Å². The number of nitrogens with zero attached hydrogens (tertiary/aromatic N) is 1. The average molecular weight is 284 g/mol. The summed E-state index contributed by atoms with van der Waals surface area (Å²) in [5, 5.41) is 8.86. The molecule has 1 rings (SSSR count). The number of hydrogen-bond acceptors (Lipinski definition) is 3. The summed E-state index contributed by atoms with van der Waals surface area (Å²) < 4.78 is 0. The van der Waals surface area contributed by atoms with Crippen LogP contribution in [0.1, 0.15) is 59.8 Å². The highest BCUT2D eigenvalue weighted by molar-refractivity contribution is 5.87. The van der Waals surface area contributed by atoms with Crippen LogP contribution < -0.4 is 5.73 Å². The first-order valence-corrected chi connectivity index (χ1v) is 7.39. The minimum absolute atomic E-state index is 0.0470. The Morgan fingerprint density at radius 1 is 1.40 bits per heavy atom. The Morgan fingerprint density at radius 3 is 2.45 bits per heavy atom. The molecule has 1 fully saturated rings. The lowest BCUT2D eigenvalue weighted by Crippen LogP contribution is -2.61. The predicted molar refractivity (Wildman–Crippen MR) is 78.3 cm³/mol. The highest BCUT2D eigenvalue weighted by Gasteiger charge is 2.43. The van der Waals surface area contributed by atoms with Gasteiger partial charge < -0.3 is 15.7 Å². The number of carbonyl (C=O) groups excluding carboxylic acids is 1. The maximum absolute atomic E-state index is 12.8. The minimum Gasteiger partial charge on any atom is -0.481 e. The highest BCUT2D eigenvalue weighted by Crippen LogP contribution is 2.33. The van der Waals surface area contributed by atoms with Crippen LogP contribution in [0.4, 0.5) is 0 Å². The van der Waals surface area contributed by atoms with Gasteiger partial charge in [-0.15, -0.1) is 0 Å². The van der Waals surface area contributed by atoms with Gasteiger partial charge in [-0.2, -0.15) is 0 Å². The van der Waals surface area contributed by atoms with E-state index >= 15 is 0 Å². The van der Waals surface area contributed by atoms with E-state index in [4.69, 9.17) is 10.8 Å². The first kappa shape index (κ1) is 17.0. The van der Waals surface area contributed by atoms with Gasteiger partial charge in [-0.1, -0.05) is 19.8 Å². The zero-order valence-electron chi connectivity index (χ0n) is 13.1. The Morgan fingerprint density at radius 2 is 2.00 bits per heavy atom. The Balaban J connectivity index is 2.89. The van der Waals surface area contributed by atoms with Gasteiger partial charge in [0.15, 0.2) is 0 Å². The summed E-state index contributed by atoms with van der Waals surface area (Å²) >= 11 is 0. The summed E-state index contributed by atoms with van der Waals surface area (Å²) in [6, 6.07) is 0. The molecule has 1 saturated carbocycles. The summed E-state index contributed by atoms with van der Waals surface area (Å²) in [5.74, 6) is -0.549. The Bertz CT molecular complexity index is 376. The molecule has 1 aliphatic rings. The Kier molecular flexibility index (Phi) is 5.19. The highest BCUT2D eigenvalue weighted by atomic mass is 16.4. The lowest BCUT2D eigenvalue weighted by molar-refractivity contribution is -0.145. The van der Waals surface area contributed by atoms with E-state index in [0.717, 1.165) is 12.8 Å². The van der Waals surface area contributed by atoms with E-state index in [-0.39, 0.29) is 18.9 Å². The van der Waals surface area contributed by atoms with Crippen molar-refractivity contribution < 1.29 is 14.7 Å². The quantitative estimate of drug-likeness (QED) is 0.827. The number of carbonyl (C=O) groups is 2. The van der Waals surface area contributed by atoms with Crippen LogP contribution in [0.2, 0.25) is 0 Å². The molecule has 2 atom stereocenters. The maximum Gasteiger partial charge on any atom is 0.305 e. The fourth-order valence-corrected chi connectivity index (χ4v) is 3.00. The van der Waals surface area contributed by atoms with Crippen molar-refractivity contribution in [3.8, 4) is 0 Å². The van der Waals surface area contributed by atoms with Gasteiger partial charge in [-0.3, -0.25) is 9.59 Å². The molecule has 0 aromatic rings. The van der Waals surface area contributed by atoms with E-state index in [0.29, 0.717) is 18.8 Å². The van der Waals surface area contributed by atoms with Crippen LogP contribution in [-0.2, 0) is 9.59 Å². The van der Waals surface area contributed by atoms with Crippen molar-refractivity contribution in [2.75, 3.05) is 6.54 Å². The molecule has 0 radical (unpaired) electrons. The molecule has 0 heterocycles. The predicted octanol–water partition coefficient (Wildman–Crippen LogP) is 2.00. The maximum atomic E-state index is 12.8. The van der Waals surface area contributed by atoms with Crippen LogP contribution in [0, 0.1) is 5.92 Å². The van der Waals surface area contributed by atoms with Crippen molar-refractivity contribution >= 4 is 11.9 Å². The molecule has 0 saturated heterocycles. The van der Waals surface area contributed by atoms with Crippen molar-refractivity contribution in [3.63, 3.8) is 0 Å². The van der Waals surface area contributed by atoms with E-state index in [1.54, 1.807) is 4.90 Å². The number of hydrogen-bond donors (Lipinski definition) is 2. The van der Waals surface area contributed by atoms with Crippen LogP contribution in [0.15, 0.2) is 0 Å². The van der Waals surface area contributed by atoms with Crippen molar-refractivity contribution in [3.05, 3.63) is 0 Å². The zero-order chi connectivity index (χ0) is 15.6. The number of carboxylic acids is 1. The Labute approximate surface area is 121 Å². The van der Waals surface area contributed by atoms with Gasteiger partial charge in [0.05, 0.1) is 12.0 Å². The van der Waals surface area contributed by atoms with Crippen molar-refractivity contribution in [1.29, 1.82) is 0 Å². The summed E-state index contributed by atoms with van der Waals surface area (Å²) in [6.07, 6.45) is 3.40.